The van der Waals surface area contributed by atoms with E-state index in [1.807, 2.05) is 11.1 Å². The standard InChI is InChI=1S/C21H24FN3O/c22-19-9-4-10-20(15-19)24-12-13-25(21(24)26)23-11-5-8-18(16-23)14-17-6-2-1-3-7-17/h1-4,6-7,9-10,15,18H,5,8,11-14,16H2. The van der Waals surface area contributed by atoms with Gasteiger partial charge in [-0.15, -0.1) is 0 Å². The molecule has 136 valence electrons. The molecule has 2 fully saturated rings. The Morgan fingerprint density at radius 1 is 1.00 bits per heavy atom. The van der Waals surface area contributed by atoms with Crippen molar-refractivity contribution in [2.24, 2.45) is 5.92 Å². The van der Waals surface area contributed by atoms with E-state index in [9.17, 15) is 9.18 Å². The number of halogens is 1. The molecule has 0 spiro atoms. The van der Waals surface area contributed by atoms with Crippen LogP contribution in [0.15, 0.2) is 54.6 Å². The van der Waals surface area contributed by atoms with E-state index in [1.54, 1.807) is 17.0 Å². The van der Waals surface area contributed by atoms with Crippen molar-refractivity contribution in [3.8, 4) is 0 Å². The van der Waals surface area contributed by atoms with Gasteiger partial charge in [0.1, 0.15) is 5.82 Å². The van der Waals surface area contributed by atoms with Crippen LogP contribution in [0.1, 0.15) is 18.4 Å². The molecular formula is C21H24FN3O. The van der Waals surface area contributed by atoms with Gasteiger partial charge < -0.3 is 0 Å². The normalized spacial score (nSPS) is 21.4. The number of carbonyl (C=O) groups is 1. The molecule has 0 aliphatic carbocycles. The van der Waals surface area contributed by atoms with Crippen LogP contribution in [-0.2, 0) is 6.42 Å². The van der Waals surface area contributed by atoms with E-state index >= 15 is 0 Å². The summed E-state index contributed by atoms with van der Waals surface area (Å²) < 4.78 is 13.5. The van der Waals surface area contributed by atoms with Gasteiger partial charge >= 0.3 is 6.03 Å². The van der Waals surface area contributed by atoms with Gasteiger partial charge in [0.25, 0.3) is 0 Å². The van der Waals surface area contributed by atoms with Gasteiger partial charge in [-0.25, -0.2) is 14.2 Å². The number of carbonyl (C=O) groups excluding carboxylic acids is 1. The quantitative estimate of drug-likeness (QED) is 0.832. The van der Waals surface area contributed by atoms with E-state index in [0.29, 0.717) is 24.7 Å². The molecule has 0 aromatic heterocycles. The number of hydrazine groups is 1. The van der Waals surface area contributed by atoms with Crippen molar-refractivity contribution >= 4 is 11.7 Å². The molecule has 0 saturated carbocycles. The maximum Gasteiger partial charge on any atom is 0.339 e. The van der Waals surface area contributed by atoms with Crippen molar-refractivity contribution in [2.45, 2.75) is 19.3 Å². The molecule has 4 rings (SSSR count). The summed E-state index contributed by atoms with van der Waals surface area (Å²) in [6.07, 6.45) is 3.34. The first-order chi connectivity index (χ1) is 12.7. The van der Waals surface area contributed by atoms with E-state index < -0.39 is 0 Å². The fourth-order valence-electron chi connectivity index (χ4n) is 4.05. The highest BCUT2D eigenvalue weighted by atomic mass is 19.1. The first-order valence-corrected chi connectivity index (χ1v) is 9.34. The highest BCUT2D eigenvalue weighted by Crippen LogP contribution is 2.26. The van der Waals surface area contributed by atoms with Gasteiger partial charge in [-0.1, -0.05) is 36.4 Å². The second-order valence-electron chi connectivity index (χ2n) is 7.15. The molecule has 2 aromatic rings. The van der Waals surface area contributed by atoms with E-state index in [4.69, 9.17) is 0 Å². The molecule has 0 bridgehead atoms. The Morgan fingerprint density at radius 2 is 1.85 bits per heavy atom. The van der Waals surface area contributed by atoms with Crippen molar-refractivity contribution < 1.29 is 9.18 Å². The van der Waals surface area contributed by atoms with Crippen LogP contribution in [-0.4, -0.2) is 42.2 Å². The smallest absolute Gasteiger partial charge is 0.291 e. The summed E-state index contributed by atoms with van der Waals surface area (Å²) in [4.78, 5) is 14.5. The van der Waals surface area contributed by atoms with Crippen LogP contribution >= 0.6 is 0 Å². The lowest BCUT2D eigenvalue weighted by molar-refractivity contribution is -0.00402. The fourth-order valence-corrected chi connectivity index (χ4v) is 4.05. The average molecular weight is 353 g/mol. The molecular weight excluding hydrogens is 329 g/mol. The molecule has 5 heteroatoms. The minimum atomic E-state index is -0.311. The zero-order valence-corrected chi connectivity index (χ0v) is 14.9. The van der Waals surface area contributed by atoms with Crippen LogP contribution in [0.25, 0.3) is 0 Å². The summed E-state index contributed by atoms with van der Waals surface area (Å²) >= 11 is 0. The molecule has 1 atom stereocenters. The first kappa shape index (κ1) is 17.0. The van der Waals surface area contributed by atoms with Gasteiger partial charge in [-0.2, -0.15) is 0 Å². The number of nitrogens with zero attached hydrogens (tertiary/aromatic N) is 3. The van der Waals surface area contributed by atoms with Crippen LogP contribution < -0.4 is 4.90 Å². The SMILES string of the molecule is O=C1N(c2cccc(F)c2)CCN1N1CCCC(Cc2ccccc2)C1. The average Bonchev–Trinajstić information content (AvgIpc) is 3.04. The number of amides is 2. The zero-order valence-electron chi connectivity index (χ0n) is 14.9. The summed E-state index contributed by atoms with van der Waals surface area (Å²) in [6, 6.07) is 16.8. The summed E-state index contributed by atoms with van der Waals surface area (Å²) in [7, 11) is 0. The Hall–Kier alpha value is -2.40. The van der Waals surface area contributed by atoms with Crippen LogP contribution in [0.4, 0.5) is 14.9 Å². The van der Waals surface area contributed by atoms with E-state index in [-0.39, 0.29) is 11.8 Å². The van der Waals surface area contributed by atoms with Crippen LogP contribution in [0.5, 0.6) is 0 Å². The maximum absolute atomic E-state index is 13.5. The largest absolute Gasteiger partial charge is 0.339 e. The Morgan fingerprint density at radius 3 is 2.65 bits per heavy atom. The lowest BCUT2D eigenvalue weighted by atomic mass is 9.92. The van der Waals surface area contributed by atoms with Crippen molar-refractivity contribution in [3.63, 3.8) is 0 Å². The second-order valence-corrected chi connectivity index (χ2v) is 7.15. The van der Waals surface area contributed by atoms with Crippen molar-refractivity contribution in [1.29, 1.82) is 0 Å². The third kappa shape index (κ3) is 3.58. The number of piperidine rings is 1. The summed E-state index contributed by atoms with van der Waals surface area (Å²) in [5.74, 6) is 0.247. The van der Waals surface area contributed by atoms with Gasteiger partial charge in [-0.05, 0) is 48.9 Å². The first-order valence-electron chi connectivity index (χ1n) is 9.34. The number of urea groups is 1. The fraction of sp³-hybridized carbons (Fsp3) is 0.381. The third-order valence-electron chi connectivity index (χ3n) is 5.31. The zero-order chi connectivity index (χ0) is 17.9. The molecule has 2 amide bonds. The highest BCUT2D eigenvalue weighted by Gasteiger charge is 2.35. The number of anilines is 1. The molecule has 2 saturated heterocycles. The Bertz CT molecular complexity index is 767. The number of hydrogen-bond acceptors (Lipinski definition) is 2. The number of benzene rings is 2. The monoisotopic (exact) mass is 353 g/mol. The van der Waals surface area contributed by atoms with Crippen LogP contribution in [0, 0.1) is 11.7 Å². The third-order valence-corrected chi connectivity index (χ3v) is 5.31. The van der Waals surface area contributed by atoms with E-state index in [0.717, 1.165) is 25.9 Å². The minimum Gasteiger partial charge on any atom is -0.291 e. The second kappa shape index (κ2) is 7.46. The lowest BCUT2D eigenvalue weighted by Gasteiger charge is -2.38. The minimum absolute atomic E-state index is 0.0454. The Balaban J connectivity index is 1.42. The molecule has 2 aliphatic heterocycles. The highest BCUT2D eigenvalue weighted by molar-refractivity contribution is 5.93. The van der Waals surface area contributed by atoms with E-state index in [2.05, 4.69) is 29.3 Å². The number of hydrogen-bond donors (Lipinski definition) is 0. The Labute approximate surface area is 153 Å². The predicted octanol–water partition coefficient (Wildman–Crippen LogP) is 3.94. The Kier molecular flexibility index (Phi) is 4.89. The molecule has 4 nitrogen and oxygen atoms in total. The molecule has 1 unspecified atom stereocenters. The van der Waals surface area contributed by atoms with Crippen molar-refractivity contribution in [3.05, 3.63) is 66.0 Å². The van der Waals surface area contributed by atoms with Crippen LogP contribution in [0.2, 0.25) is 0 Å². The van der Waals surface area contributed by atoms with Crippen molar-refractivity contribution in [1.82, 2.24) is 10.0 Å². The van der Waals surface area contributed by atoms with Crippen LogP contribution in [0.3, 0.4) is 0 Å². The van der Waals surface area contributed by atoms with Gasteiger partial charge in [0.05, 0.1) is 6.54 Å². The molecule has 0 radical (unpaired) electrons. The predicted molar refractivity (Wildman–Crippen MR) is 100 cm³/mol. The molecule has 2 aliphatic rings. The number of rotatable bonds is 4. The van der Waals surface area contributed by atoms with Gasteiger partial charge in [0.15, 0.2) is 0 Å². The molecule has 2 heterocycles. The summed E-state index contributed by atoms with van der Waals surface area (Å²) in [6.45, 7) is 3.07. The molecule has 26 heavy (non-hydrogen) atoms. The summed E-state index contributed by atoms with van der Waals surface area (Å²) in [5, 5.41) is 4.04. The van der Waals surface area contributed by atoms with Crippen molar-refractivity contribution in [2.75, 3.05) is 31.1 Å². The van der Waals surface area contributed by atoms with Gasteiger partial charge in [-0.3, -0.25) is 9.91 Å². The molecule has 0 N–H and O–H groups in total. The maximum atomic E-state index is 13.5. The molecule has 2 aromatic carbocycles. The lowest BCUT2D eigenvalue weighted by Crippen LogP contribution is -2.50. The van der Waals surface area contributed by atoms with Gasteiger partial charge in [0, 0.05) is 25.3 Å². The summed E-state index contributed by atoms with van der Waals surface area (Å²) in [5.41, 5.74) is 1.99. The topological polar surface area (TPSA) is 26.8 Å². The van der Waals surface area contributed by atoms with E-state index in [1.165, 1.54) is 24.1 Å². The van der Waals surface area contributed by atoms with Gasteiger partial charge in [0.2, 0.25) is 0 Å².